The molecule has 0 spiro atoms. The molecule has 1 aromatic carbocycles. The molecule has 1 aliphatic rings. The van der Waals surface area contributed by atoms with E-state index in [4.69, 9.17) is 0 Å². The number of halogens is 1. The molecule has 0 unspecified atom stereocenters. The van der Waals surface area contributed by atoms with E-state index < -0.39 is 0 Å². The van der Waals surface area contributed by atoms with Crippen molar-refractivity contribution in [3.63, 3.8) is 0 Å². The molecule has 0 atom stereocenters. The molecule has 0 radical (unpaired) electrons. The highest BCUT2D eigenvalue weighted by Crippen LogP contribution is 2.31. The Morgan fingerprint density at radius 1 is 1.24 bits per heavy atom. The number of hydrogen-bond donors (Lipinski definition) is 0. The molecule has 1 aliphatic heterocycles. The number of aromatic nitrogens is 3. The highest BCUT2D eigenvalue weighted by molar-refractivity contribution is 7.98. The lowest BCUT2D eigenvalue weighted by Crippen LogP contribution is -1.93. The molecule has 0 amide bonds. The molecule has 0 aliphatic carbocycles. The zero-order valence-electron chi connectivity index (χ0n) is 11.6. The third kappa shape index (κ3) is 2.03. The van der Waals surface area contributed by atoms with Crippen molar-refractivity contribution in [1.29, 1.82) is 0 Å². The first-order valence-corrected chi connectivity index (χ1v) is 8.17. The van der Waals surface area contributed by atoms with Gasteiger partial charge in [-0.25, -0.2) is 9.37 Å². The standard InChI is InChI=1S/C16H14FN3S/c1-21-11-5-10(8-18-9-11)12-6-15-14(7-13(12)17)19-16-3-2-4-20(15)16/h5-9H,2-4H2,1H3. The third-order valence-electron chi connectivity index (χ3n) is 3.96. The summed E-state index contributed by atoms with van der Waals surface area (Å²) in [6, 6.07) is 5.43. The minimum atomic E-state index is -0.237. The first-order chi connectivity index (χ1) is 10.3. The number of aryl methyl sites for hydroxylation is 2. The maximum absolute atomic E-state index is 14.4. The SMILES string of the molecule is CSc1cncc(-c2cc3c(cc2F)nc2n3CCC2)c1. The van der Waals surface area contributed by atoms with Gasteiger partial charge in [-0.05, 0) is 24.8 Å². The van der Waals surface area contributed by atoms with Gasteiger partial charge in [0, 0.05) is 47.4 Å². The molecule has 106 valence electrons. The van der Waals surface area contributed by atoms with Crippen molar-refractivity contribution in [3.8, 4) is 11.1 Å². The lowest BCUT2D eigenvalue weighted by Gasteiger charge is -2.06. The summed E-state index contributed by atoms with van der Waals surface area (Å²) in [5, 5.41) is 0. The van der Waals surface area contributed by atoms with E-state index in [0.29, 0.717) is 5.56 Å². The van der Waals surface area contributed by atoms with Crippen LogP contribution in [0.2, 0.25) is 0 Å². The van der Waals surface area contributed by atoms with E-state index in [1.54, 1.807) is 30.2 Å². The number of nitrogens with zero attached hydrogens (tertiary/aromatic N) is 3. The summed E-state index contributed by atoms with van der Waals surface area (Å²) in [5.41, 5.74) is 3.18. The minimum Gasteiger partial charge on any atom is -0.328 e. The number of benzene rings is 1. The average Bonchev–Trinajstić information content (AvgIpc) is 3.07. The largest absolute Gasteiger partial charge is 0.328 e. The van der Waals surface area contributed by atoms with Gasteiger partial charge in [0.25, 0.3) is 0 Å². The number of hydrogen-bond acceptors (Lipinski definition) is 3. The van der Waals surface area contributed by atoms with Crippen LogP contribution in [0.25, 0.3) is 22.2 Å². The Morgan fingerprint density at radius 2 is 2.14 bits per heavy atom. The van der Waals surface area contributed by atoms with E-state index in [9.17, 15) is 4.39 Å². The summed E-state index contributed by atoms with van der Waals surface area (Å²) in [5.74, 6) is 0.830. The van der Waals surface area contributed by atoms with Crippen LogP contribution in [0.5, 0.6) is 0 Å². The molecule has 21 heavy (non-hydrogen) atoms. The maximum Gasteiger partial charge on any atom is 0.133 e. The molecule has 0 saturated heterocycles. The Balaban J connectivity index is 1.93. The fraction of sp³-hybridized carbons (Fsp3) is 0.250. The van der Waals surface area contributed by atoms with E-state index in [2.05, 4.69) is 14.5 Å². The highest BCUT2D eigenvalue weighted by atomic mass is 32.2. The van der Waals surface area contributed by atoms with Gasteiger partial charge in [0.15, 0.2) is 0 Å². The van der Waals surface area contributed by atoms with E-state index in [1.165, 1.54) is 0 Å². The van der Waals surface area contributed by atoms with Gasteiger partial charge in [0.05, 0.1) is 11.0 Å². The first-order valence-electron chi connectivity index (χ1n) is 6.94. The van der Waals surface area contributed by atoms with Crippen molar-refractivity contribution < 1.29 is 4.39 Å². The van der Waals surface area contributed by atoms with Gasteiger partial charge < -0.3 is 4.57 Å². The zero-order chi connectivity index (χ0) is 14.4. The number of imidazole rings is 1. The fourth-order valence-corrected chi connectivity index (χ4v) is 3.34. The van der Waals surface area contributed by atoms with Crippen molar-refractivity contribution in [2.45, 2.75) is 24.3 Å². The molecule has 2 aromatic heterocycles. The van der Waals surface area contributed by atoms with Crippen molar-refractivity contribution in [1.82, 2.24) is 14.5 Å². The van der Waals surface area contributed by atoms with Crippen LogP contribution >= 0.6 is 11.8 Å². The topological polar surface area (TPSA) is 30.7 Å². The second-order valence-corrected chi connectivity index (χ2v) is 6.10. The third-order valence-corrected chi connectivity index (χ3v) is 4.65. The summed E-state index contributed by atoms with van der Waals surface area (Å²) in [7, 11) is 0. The molecule has 0 bridgehead atoms. The number of fused-ring (bicyclic) bond motifs is 3. The molecule has 3 nitrogen and oxygen atoms in total. The molecule has 0 saturated carbocycles. The smallest absolute Gasteiger partial charge is 0.133 e. The molecule has 0 N–H and O–H groups in total. The molecule has 5 heteroatoms. The summed E-state index contributed by atoms with van der Waals surface area (Å²) in [4.78, 5) is 9.76. The summed E-state index contributed by atoms with van der Waals surface area (Å²) >= 11 is 1.61. The van der Waals surface area contributed by atoms with Crippen LogP contribution in [-0.2, 0) is 13.0 Å². The van der Waals surface area contributed by atoms with Crippen molar-refractivity contribution in [2.24, 2.45) is 0 Å². The quantitative estimate of drug-likeness (QED) is 0.672. The summed E-state index contributed by atoms with van der Waals surface area (Å²) in [6.45, 7) is 0.972. The second-order valence-electron chi connectivity index (χ2n) is 5.22. The second kappa shape index (κ2) is 4.84. The number of pyridine rings is 1. The number of thioether (sulfide) groups is 1. The monoisotopic (exact) mass is 299 g/mol. The Kier molecular flexibility index (Phi) is 2.96. The van der Waals surface area contributed by atoms with E-state index in [1.807, 2.05) is 18.4 Å². The van der Waals surface area contributed by atoms with Gasteiger partial charge in [-0.1, -0.05) is 0 Å². The Labute approximate surface area is 126 Å². The molecular formula is C16H14FN3S. The van der Waals surface area contributed by atoms with Crippen molar-refractivity contribution in [3.05, 3.63) is 42.2 Å². The predicted molar refractivity (Wildman–Crippen MR) is 83.0 cm³/mol. The molecule has 3 aromatic rings. The van der Waals surface area contributed by atoms with Gasteiger partial charge in [-0.15, -0.1) is 11.8 Å². The van der Waals surface area contributed by atoms with Crippen LogP contribution in [0.3, 0.4) is 0 Å². The predicted octanol–water partition coefficient (Wildman–Crippen LogP) is 3.91. The molecule has 3 heterocycles. The Morgan fingerprint density at radius 3 is 3.00 bits per heavy atom. The van der Waals surface area contributed by atoms with Gasteiger partial charge in [-0.3, -0.25) is 4.98 Å². The number of rotatable bonds is 2. The Bertz CT molecular complexity index is 841. The molecule has 0 fully saturated rings. The van der Waals surface area contributed by atoms with E-state index in [0.717, 1.165) is 46.7 Å². The van der Waals surface area contributed by atoms with Crippen molar-refractivity contribution in [2.75, 3.05) is 6.26 Å². The minimum absolute atomic E-state index is 0.237. The lowest BCUT2D eigenvalue weighted by atomic mass is 10.1. The van der Waals surface area contributed by atoms with Crippen molar-refractivity contribution >= 4 is 22.8 Å². The van der Waals surface area contributed by atoms with Crippen LogP contribution in [-0.4, -0.2) is 20.8 Å². The Hall–Kier alpha value is -1.88. The highest BCUT2D eigenvalue weighted by Gasteiger charge is 2.18. The van der Waals surface area contributed by atoms with Gasteiger partial charge in [0.1, 0.15) is 11.6 Å². The van der Waals surface area contributed by atoms with Crippen LogP contribution in [0.4, 0.5) is 4.39 Å². The molecular weight excluding hydrogens is 285 g/mol. The van der Waals surface area contributed by atoms with Crippen LogP contribution in [0.15, 0.2) is 35.5 Å². The zero-order valence-corrected chi connectivity index (χ0v) is 12.5. The first kappa shape index (κ1) is 12.8. The van der Waals surface area contributed by atoms with Gasteiger partial charge in [-0.2, -0.15) is 0 Å². The van der Waals surface area contributed by atoms with Gasteiger partial charge >= 0.3 is 0 Å². The average molecular weight is 299 g/mol. The van der Waals surface area contributed by atoms with Gasteiger partial charge in [0.2, 0.25) is 0 Å². The lowest BCUT2D eigenvalue weighted by molar-refractivity contribution is 0.632. The fourth-order valence-electron chi connectivity index (χ4n) is 2.93. The van der Waals surface area contributed by atoms with Crippen LogP contribution < -0.4 is 0 Å². The summed E-state index contributed by atoms with van der Waals surface area (Å²) in [6.07, 6.45) is 7.60. The van der Waals surface area contributed by atoms with Crippen LogP contribution in [0.1, 0.15) is 12.2 Å². The summed E-state index contributed by atoms with van der Waals surface area (Å²) < 4.78 is 16.6. The maximum atomic E-state index is 14.4. The van der Waals surface area contributed by atoms with Crippen LogP contribution in [0, 0.1) is 5.82 Å². The molecule has 4 rings (SSSR count). The van der Waals surface area contributed by atoms with E-state index in [-0.39, 0.29) is 5.82 Å². The van der Waals surface area contributed by atoms with E-state index >= 15 is 0 Å². The normalized spacial score (nSPS) is 13.8.